The van der Waals surface area contributed by atoms with Crippen LogP contribution in [0.15, 0.2) is 54.6 Å². The molecule has 0 atom stereocenters. The summed E-state index contributed by atoms with van der Waals surface area (Å²) in [6, 6.07) is 17.5. The molecule has 0 aliphatic carbocycles. The SMILES string of the molecule is [CH2]c1ccc(N(CC)C(=O)Cc2ccccc2)cc1. The molecule has 1 amide bonds. The Morgan fingerprint density at radius 3 is 2.26 bits per heavy atom. The van der Waals surface area contributed by atoms with Crippen LogP contribution < -0.4 is 4.90 Å². The van der Waals surface area contributed by atoms with Crippen LogP contribution in [0.5, 0.6) is 0 Å². The van der Waals surface area contributed by atoms with Gasteiger partial charge in [0.1, 0.15) is 0 Å². The van der Waals surface area contributed by atoms with E-state index in [0.29, 0.717) is 13.0 Å². The van der Waals surface area contributed by atoms with Gasteiger partial charge in [0.2, 0.25) is 5.91 Å². The Hall–Kier alpha value is -2.09. The third-order valence-corrected chi connectivity index (χ3v) is 3.06. The van der Waals surface area contributed by atoms with Crippen molar-refractivity contribution in [3.05, 3.63) is 72.6 Å². The molecule has 0 saturated carbocycles. The molecule has 0 saturated heterocycles. The first-order valence-electron chi connectivity index (χ1n) is 6.47. The van der Waals surface area contributed by atoms with Crippen molar-refractivity contribution >= 4 is 11.6 Å². The molecule has 97 valence electrons. The Balaban J connectivity index is 2.13. The van der Waals surface area contributed by atoms with Gasteiger partial charge >= 0.3 is 0 Å². The Morgan fingerprint density at radius 1 is 1.05 bits per heavy atom. The summed E-state index contributed by atoms with van der Waals surface area (Å²) in [7, 11) is 0. The van der Waals surface area contributed by atoms with Gasteiger partial charge in [0.05, 0.1) is 6.42 Å². The van der Waals surface area contributed by atoms with Crippen LogP contribution >= 0.6 is 0 Å². The number of carbonyl (C=O) groups excluding carboxylic acids is 1. The highest BCUT2D eigenvalue weighted by molar-refractivity contribution is 5.94. The lowest BCUT2D eigenvalue weighted by Crippen LogP contribution is -2.31. The summed E-state index contributed by atoms with van der Waals surface area (Å²) in [5, 5.41) is 0. The van der Waals surface area contributed by atoms with E-state index in [2.05, 4.69) is 6.92 Å². The fourth-order valence-electron chi connectivity index (χ4n) is 2.04. The minimum Gasteiger partial charge on any atom is -0.312 e. The molecule has 2 nitrogen and oxygen atoms in total. The number of nitrogens with zero attached hydrogens (tertiary/aromatic N) is 1. The predicted octanol–water partition coefficient (Wildman–Crippen LogP) is 3.46. The first-order chi connectivity index (χ1) is 9.20. The Bertz CT molecular complexity index is 531. The van der Waals surface area contributed by atoms with Crippen LogP contribution in [0.2, 0.25) is 0 Å². The molecule has 0 bridgehead atoms. The van der Waals surface area contributed by atoms with Crippen LogP contribution in [0.1, 0.15) is 18.1 Å². The van der Waals surface area contributed by atoms with Gasteiger partial charge in [-0.25, -0.2) is 0 Å². The van der Waals surface area contributed by atoms with Gasteiger partial charge in [0.15, 0.2) is 0 Å². The molecule has 0 spiro atoms. The van der Waals surface area contributed by atoms with Crippen molar-refractivity contribution < 1.29 is 4.79 Å². The minimum absolute atomic E-state index is 0.116. The van der Waals surface area contributed by atoms with E-state index in [1.54, 1.807) is 4.90 Å². The van der Waals surface area contributed by atoms with Crippen LogP contribution in [0.3, 0.4) is 0 Å². The van der Waals surface area contributed by atoms with Gasteiger partial charge in [0, 0.05) is 12.2 Å². The smallest absolute Gasteiger partial charge is 0.231 e. The summed E-state index contributed by atoms with van der Waals surface area (Å²) in [5.41, 5.74) is 2.92. The van der Waals surface area contributed by atoms with Gasteiger partial charge in [-0.15, -0.1) is 0 Å². The molecule has 0 aliphatic heterocycles. The largest absolute Gasteiger partial charge is 0.312 e. The number of benzene rings is 2. The molecule has 2 aromatic carbocycles. The standard InChI is InChI=1S/C17H18NO/c1-3-18(16-11-9-14(2)10-12-16)17(19)13-15-7-5-4-6-8-15/h4-12H,2-3,13H2,1H3. The molecule has 2 rings (SSSR count). The number of anilines is 1. The molecular weight excluding hydrogens is 234 g/mol. The maximum atomic E-state index is 12.3. The van der Waals surface area contributed by atoms with Crippen molar-refractivity contribution in [3.8, 4) is 0 Å². The van der Waals surface area contributed by atoms with Gasteiger partial charge in [0.25, 0.3) is 0 Å². The number of hydrogen-bond acceptors (Lipinski definition) is 1. The topological polar surface area (TPSA) is 20.3 Å². The fraction of sp³-hybridized carbons (Fsp3) is 0.176. The normalized spacial score (nSPS) is 10.2. The van der Waals surface area contributed by atoms with E-state index >= 15 is 0 Å². The van der Waals surface area contributed by atoms with Crippen LogP contribution in [-0.4, -0.2) is 12.5 Å². The van der Waals surface area contributed by atoms with Crippen molar-refractivity contribution in [2.45, 2.75) is 13.3 Å². The maximum absolute atomic E-state index is 12.3. The van der Waals surface area contributed by atoms with E-state index in [4.69, 9.17) is 0 Å². The summed E-state index contributed by atoms with van der Waals surface area (Å²) < 4.78 is 0. The molecule has 0 unspecified atom stereocenters. The van der Waals surface area contributed by atoms with E-state index in [1.165, 1.54) is 0 Å². The zero-order valence-electron chi connectivity index (χ0n) is 11.2. The zero-order valence-corrected chi connectivity index (χ0v) is 11.2. The first-order valence-corrected chi connectivity index (χ1v) is 6.47. The van der Waals surface area contributed by atoms with Gasteiger partial charge in [-0.2, -0.15) is 0 Å². The number of amides is 1. The highest BCUT2D eigenvalue weighted by Crippen LogP contribution is 2.16. The first kappa shape index (κ1) is 13.3. The van der Waals surface area contributed by atoms with E-state index in [-0.39, 0.29) is 5.91 Å². The molecule has 0 fully saturated rings. The second kappa shape index (κ2) is 6.19. The molecule has 19 heavy (non-hydrogen) atoms. The van der Waals surface area contributed by atoms with Crippen LogP contribution in [0.4, 0.5) is 5.69 Å². The summed E-state index contributed by atoms with van der Waals surface area (Å²) in [4.78, 5) is 14.1. The van der Waals surface area contributed by atoms with E-state index in [1.807, 2.05) is 61.5 Å². The highest BCUT2D eigenvalue weighted by Gasteiger charge is 2.13. The summed E-state index contributed by atoms with van der Waals surface area (Å²) in [6.07, 6.45) is 0.431. The summed E-state index contributed by atoms with van der Waals surface area (Å²) in [6.45, 7) is 6.51. The van der Waals surface area contributed by atoms with Crippen molar-refractivity contribution in [2.75, 3.05) is 11.4 Å². The number of hydrogen-bond donors (Lipinski definition) is 0. The number of rotatable bonds is 4. The lowest BCUT2D eigenvalue weighted by Gasteiger charge is -2.21. The Labute approximate surface area is 114 Å². The maximum Gasteiger partial charge on any atom is 0.231 e. The third-order valence-electron chi connectivity index (χ3n) is 3.06. The van der Waals surface area contributed by atoms with Crippen LogP contribution in [0, 0.1) is 6.92 Å². The van der Waals surface area contributed by atoms with Crippen molar-refractivity contribution in [3.63, 3.8) is 0 Å². The van der Waals surface area contributed by atoms with Crippen molar-refractivity contribution in [2.24, 2.45) is 0 Å². The minimum atomic E-state index is 0.116. The van der Waals surface area contributed by atoms with Gasteiger partial charge in [-0.3, -0.25) is 4.79 Å². The molecule has 1 radical (unpaired) electrons. The summed E-state index contributed by atoms with van der Waals surface area (Å²) >= 11 is 0. The average Bonchev–Trinajstić information content (AvgIpc) is 2.43. The third kappa shape index (κ3) is 3.44. The lowest BCUT2D eigenvalue weighted by atomic mass is 10.1. The van der Waals surface area contributed by atoms with Crippen LogP contribution in [0.25, 0.3) is 0 Å². The van der Waals surface area contributed by atoms with Gasteiger partial charge in [-0.1, -0.05) is 42.5 Å². The number of likely N-dealkylation sites (N-methyl/N-ethyl adjacent to an activating group) is 1. The second-order valence-corrected chi connectivity index (χ2v) is 4.47. The second-order valence-electron chi connectivity index (χ2n) is 4.47. The van der Waals surface area contributed by atoms with E-state index in [0.717, 1.165) is 16.8 Å². The molecule has 0 aromatic heterocycles. The molecule has 0 heterocycles. The van der Waals surface area contributed by atoms with E-state index in [9.17, 15) is 4.79 Å². The highest BCUT2D eigenvalue weighted by atomic mass is 16.2. The molecule has 2 aromatic rings. The zero-order chi connectivity index (χ0) is 13.7. The fourth-order valence-corrected chi connectivity index (χ4v) is 2.04. The Kier molecular flexibility index (Phi) is 4.35. The average molecular weight is 252 g/mol. The lowest BCUT2D eigenvalue weighted by molar-refractivity contribution is -0.117. The van der Waals surface area contributed by atoms with Crippen molar-refractivity contribution in [1.29, 1.82) is 0 Å². The Morgan fingerprint density at radius 2 is 1.68 bits per heavy atom. The molecule has 0 N–H and O–H groups in total. The molecular formula is C17H18NO. The van der Waals surface area contributed by atoms with Crippen LogP contribution in [-0.2, 0) is 11.2 Å². The van der Waals surface area contributed by atoms with Crippen molar-refractivity contribution in [1.82, 2.24) is 0 Å². The van der Waals surface area contributed by atoms with E-state index < -0.39 is 0 Å². The number of carbonyl (C=O) groups is 1. The quantitative estimate of drug-likeness (QED) is 0.816. The molecule has 2 heteroatoms. The monoisotopic (exact) mass is 252 g/mol. The summed E-state index contributed by atoms with van der Waals surface area (Å²) in [5.74, 6) is 0.116. The predicted molar refractivity (Wildman–Crippen MR) is 79.1 cm³/mol. The molecule has 0 aliphatic rings. The van der Waals surface area contributed by atoms with Gasteiger partial charge < -0.3 is 4.90 Å². The van der Waals surface area contributed by atoms with Gasteiger partial charge in [-0.05, 0) is 37.1 Å².